The fourth-order valence-electron chi connectivity index (χ4n) is 2.09. The van der Waals surface area contributed by atoms with Crippen LogP contribution in [0.2, 0.25) is 0 Å². The van der Waals surface area contributed by atoms with E-state index in [0.717, 1.165) is 6.54 Å². The molecule has 2 unspecified atom stereocenters. The molecule has 2 aliphatic heterocycles. The second kappa shape index (κ2) is 5.57. The number of thioether (sulfide) groups is 1. The Kier molecular flexibility index (Phi) is 4.09. The molecular weight excluding hydrogens is 224 g/mol. The monoisotopic (exact) mass is 242 g/mol. The summed E-state index contributed by atoms with van der Waals surface area (Å²) in [6.45, 7) is 1.31. The molecular formula is C11H18N2O2S. The van der Waals surface area contributed by atoms with Gasteiger partial charge in [0.25, 0.3) is 0 Å². The summed E-state index contributed by atoms with van der Waals surface area (Å²) in [5.41, 5.74) is 0. The predicted octanol–water partition coefficient (Wildman–Crippen LogP) is 0.382. The highest BCUT2D eigenvalue weighted by atomic mass is 32.2. The fraction of sp³-hybridized carbons (Fsp3) is 0.818. The number of hydrogen-bond acceptors (Lipinski definition) is 3. The maximum absolute atomic E-state index is 11.8. The lowest BCUT2D eigenvalue weighted by Crippen LogP contribution is -2.44. The van der Waals surface area contributed by atoms with Gasteiger partial charge >= 0.3 is 0 Å². The molecule has 0 aliphatic carbocycles. The molecule has 2 fully saturated rings. The average Bonchev–Trinajstić information content (AvgIpc) is 2.80. The SMILES string of the molecule is O=C1CCC(C(=O)NCC2CCSC2)CN1. The van der Waals surface area contributed by atoms with E-state index in [1.165, 1.54) is 17.9 Å². The molecule has 0 aromatic rings. The zero-order chi connectivity index (χ0) is 11.4. The van der Waals surface area contributed by atoms with Crippen molar-refractivity contribution in [2.24, 2.45) is 11.8 Å². The quantitative estimate of drug-likeness (QED) is 0.752. The first kappa shape index (κ1) is 11.8. The molecule has 2 atom stereocenters. The van der Waals surface area contributed by atoms with Crippen molar-refractivity contribution in [3.63, 3.8) is 0 Å². The summed E-state index contributed by atoms with van der Waals surface area (Å²) in [7, 11) is 0. The van der Waals surface area contributed by atoms with Gasteiger partial charge in [0.05, 0.1) is 5.92 Å². The number of nitrogens with one attached hydrogen (secondary N) is 2. The van der Waals surface area contributed by atoms with Crippen LogP contribution in [0.1, 0.15) is 19.3 Å². The van der Waals surface area contributed by atoms with Crippen LogP contribution in [0, 0.1) is 11.8 Å². The van der Waals surface area contributed by atoms with Gasteiger partial charge in [-0.2, -0.15) is 11.8 Å². The highest BCUT2D eigenvalue weighted by molar-refractivity contribution is 7.99. The van der Waals surface area contributed by atoms with Crippen LogP contribution in [0.25, 0.3) is 0 Å². The highest BCUT2D eigenvalue weighted by Gasteiger charge is 2.25. The average molecular weight is 242 g/mol. The molecule has 16 heavy (non-hydrogen) atoms. The van der Waals surface area contributed by atoms with Crippen LogP contribution in [0.5, 0.6) is 0 Å². The molecule has 0 aromatic carbocycles. The van der Waals surface area contributed by atoms with E-state index >= 15 is 0 Å². The molecule has 0 saturated carbocycles. The molecule has 2 rings (SSSR count). The number of amides is 2. The van der Waals surface area contributed by atoms with Crippen molar-refractivity contribution in [3.8, 4) is 0 Å². The maximum Gasteiger partial charge on any atom is 0.224 e. The molecule has 2 N–H and O–H groups in total. The van der Waals surface area contributed by atoms with Crippen LogP contribution < -0.4 is 10.6 Å². The van der Waals surface area contributed by atoms with Crippen molar-refractivity contribution >= 4 is 23.6 Å². The predicted molar refractivity (Wildman–Crippen MR) is 64.2 cm³/mol. The Balaban J connectivity index is 1.68. The summed E-state index contributed by atoms with van der Waals surface area (Å²) >= 11 is 1.96. The van der Waals surface area contributed by atoms with E-state index in [1.807, 2.05) is 11.8 Å². The molecule has 90 valence electrons. The zero-order valence-corrected chi connectivity index (χ0v) is 10.1. The Morgan fingerprint density at radius 1 is 1.50 bits per heavy atom. The first-order chi connectivity index (χ1) is 7.75. The first-order valence-corrected chi connectivity index (χ1v) is 7.03. The molecule has 0 aromatic heterocycles. The van der Waals surface area contributed by atoms with E-state index in [-0.39, 0.29) is 17.7 Å². The maximum atomic E-state index is 11.8. The molecule has 0 radical (unpaired) electrons. The normalized spacial score (nSPS) is 29.9. The molecule has 5 heteroatoms. The number of hydrogen-bond donors (Lipinski definition) is 2. The van der Waals surface area contributed by atoms with Crippen molar-refractivity contribution < 1.29 is 9.59 Å². The summed E-state index contributed by atoms with van der Waals surface area (Å²) in [6.07, 6.45) is 2.39. The van der Waals surface area contributed by atoms with Crippen molar-refractivity contribution in [3.05, 3.63) is 0 Å². The Morgan fingerprint density at radius 3 is 3.00 bits per heavy atom. The van der Waals surface area contributed by atoms with Crippen molar-refractivity contribution in [2.45, 2.75) is 19.3 Å². The summed E-state index contributed by atoms with van der Waals surface area (Å²) in [6, 6.07) is 0. The van der Waals surface area contributed by atoms with Gasteiger partial charge in [-0.3, -0.25) is 9.59 Å². The van der Waals surface area contributed by atoms with E-state index in [2.05, 4.69) is 10.6 Å². The standard InChI is InChI=1S/C11H18N2O2S/c14-10-2-1-9(6-12-10)11(15)13-5-8-3-4-16-7-8/h8-9H,1-7H2,(H,12,14)(H,13,15). The Labute approximate surface area is 99.9 Å². The van der Waals surface area contributed by atoms with Crippen LogP contribution >= 0.6 is 11.8 Å². The number of piperidine rings is 1. The third-order valence-corrected chi connectivity index (χ3v) is 4.46. The minimum absolute atomic E-state index is 0.0215. The highest BCUT2D eigenvalue weighted by Crippen LogP contribution is 2.22. The lowest BCUT2D eigenvalue weighted by Gasteiger charge is -2.22. The van der Waals surface area contributed by atoms with Crippen molar-refractivity contribution in [1.29, 1.82) is 0 Å². The Morgan fingerprint density at radius 2 is 2.38 bits per heavy atom. The van der Waals surface area contributed by atoms with Crippen LogP contribution in [0.15, 0.2) is 0 Å². The second-order valence-electron chi connectivity index (χ2n) is 4.51. The number of carbonyl (C=O) groups is 2. The van der Waals surface area contributed by atoms with Gasteiger partial charge in [0.1, 0.15) is 0 Å². The van der Waals surface area contributed by atoms with Gasteiger partial charge in [-0.1, -0.05) is 0 Å². The largest absolute Gasteiger partial charge is 0.355 e. The zero-order valence-electron chi connectivity index (χ0n) is 9.33. The van der Waals surface area contributed by atoms with Crippen molar-refractivity contribution in [2.75, 3.05) is 24.6 Å². The third kappa shape index (κ3) is 3.14. The minimum atomic E-state index is -0.0215. The molecule has 2 heterocycles. The molecule has 2 aliphatic rings. The lowest BCUT2D eigenvalue weighted by molar-refractivity contribution is -0.129. The summed E-state index contributed by atoms with van der Waals surface area (Å²) in [5.74, 6) is 3.19. The van der Waals surface area contributed by atoms with E-state index in [1.54, 1.807) is 0 Å². The Bertz CT molecular complexity index is 267. The van der Waals surface area contributed by atoms with Gasteiger partial charge in [-0.05, 0) is 30.3 Å². The molecule has 4 nitrogen and oxygen atoms in total. The summed E-state index contributed by atoms with van der Waals surface area (Å²) < 4.78 is 0. The van der Waals surface area contributed by atoms with E-state index < -0.39 is 0 Å². The topological polar surface area (TPSA) is 58.2 Å². The van der Waals surface area contributed by atoms with Gasteiger partial charge in [0.15, 0.2) is 0 Å². The van der Waals surface area contributed by atoms with Gasteiger partial charge in [0.2, 0.25) is 11.8 Å². The molecule has 0 bridgehead atoms. The van der Waals surface area contributed by atoms with Crippen LogP contribution in [-0.4, -0.2) is 36.4 Å². The summed E-state index contributed by atoms with van der Waals surface area (Å²) in [5, 5.41) is 5.74. The smallest absolute Gasteiger partial charge is 0.224 e. The van der Waals surface area contributed by atoms with E-state index in [9.17, 15) is 9.59 Å². The second-order valence-corrected chi connectivity index (χ2v) is 5.66. The Hall–Kier alpha value is -0.710. The van der Waals surface area contributed by atoms with Gasteiger partial charge in [-0.15, -0.1) is 0 Å². The fourth-order valence-corrected chi connectivity index (χ4v) is 3.37. The molecule has 0 spiro atoms. The molecule has 2 amide bonds. The number of carbonyl (C=O) groups excluding carboxylic acids is 2. The number of rotatable bonds is 3. The van der Waals surface area contributed by atoms with Crippen LogP contribution in [0.3, 0.4) is 0 Å². The molecule has 2 saturated heterocycles. The lowest BCUT2D eigenvalue weighted by atomic mass is 9.98. The van der Waals surface area contributed by atoms with Gasteiger partial charge in [-0.25, -0.2) is 0 Å². The minimum Gasteiger partial charge on any atom is -0.355 e. The van der Waals surface area contributed by atoms with Crippen molar-refractivity contribution in [1.82, 2.24) is 10.6 Å². The van der Waals surface area contributed by atoms with E-state index in [0.29, 0.717) is 25.3 Å². The van der Waals surface area contributed by atoms with Gasteiger partial charge in [0, 0.05) is 19.5 Å². The first-order valence-electron chi connectivity index (χ1n) is 5.88. The van der Waals surface area contributed by atoms with Gasteiger partial charge < -0.3 is 10.6 Å². The summed E-state index contributed by atoms with van der Waals surface area (Å²) in [4.78, 5) is 22.7. The van der Waals surface area contributed by atoms with Crippen LogP contribution in [0.4, 0.5) is 0 Å². The third-order valence-electron chi connectivity index (χ3n) is 3.23. The van der Waals surface area contributed by atoms with E-state index in [4.69, 9.17) is 0 Å². The van der Waals surface area contributed by atoms with Crippen LogP contribution in [-0.2, 0) is 9.59 Å².